The summed E-state index contributed by atoms with van der Waals surface area (Å²) in [6.45, 7) is 2.78. The third-order valence-electron chi connectivity index (χ3n) is 6.61. The van der Waals surface area contributed by atoms with Crippen molar-refractivity contribution < 1.29 is 9.84 Å². The number of hydrogen-bond donors (Lipinski definition) is 1. The van der Waals surface area contributed by atoms with E-state index in [0.29, 0.717) is 18.6 Å². The van der Waals surface area contributed by atoms with Crippen molar-refractivity contribution in [3.63, 3.8) is 0 Å². The van der Waals surface area contributed by atoms with E-state index in [1.165, 1.54) is 6.42 Å². The average Bonchev–Trinajstić information content (AvgIpc) is 3.28. The topological polar surface area (TPSA) is 76.3 Å². The van der Waals surface area contributed by atoms with E-state index in [0.717, 1.165) is 78.1 Å². The van der Waals surface area contributed by atoms with E-state index in [1.54, 1.807) is 0 Å². The molecule has 1 atom stereocenters. The molecule has 3 aliphatic rings. The molecular weight excluding hydrogens is 366 g/mol. The van der Waals surface area contributed by atoms with E-state index in [-0.39, 0.29) is 5.75 Å². The van der Waals surface area contributed by atoms with Gasteiger partial charge in [-0.2, -0.15) is 0 Å². The zero-order valence-corrected chi connectivity index (χ0v) is 16.6. The molecule has 7 heteroatoms. The normalized spacial score (nSPS) is 22.0. The maximum absolute atomic E-state index is 10.9. The van der Waals surface area contributed by atoms with Crippen LogP contribution in [0.5, 0.6) is 11.5 Å². The van der Waals surface area contributed by atoms with Crippen LogP contribution in [0.1, 0.15) is 48.8 Å². The first-order valence-electron chi connectivity index (χ1n) is 10.6. The van der Waals surface area contributed by atoms with E-state index in [1.807, 2.05) is 18.5 Å². The van der Waals surface area contributed by atoms with E-state index in [9.17, 15) is 5.11 Å². The number of aromatic nitrogens is 4. The fourth-order valence-electron chi connectivity index (χ4n) is 4.95. The summed E-state index contributed by atoms with van der Waals surface area (Å²) in [5.74, 6) is 1.51. The lowest BCUT2D eigenvalue weighted by Gasteiger charge is -2.30. The number of piperidine rings is 1. The van der Waals surface area contributed by atoms with Gasteiger partial charge in [-0.3, -0.25) is 0 Å². The van der Waals surface area contributed by atoms with Crippen LogP contribution in [0.25, 0.3) is 22.4 Å². The second-order valence-corrected chi connectivity index (χ2v) is 8.66. The summed E-state index contributed by atoms with van der Waals surface area (Å²) in [4.78, 5) is 7.17. The van der Waals surface area contributed by atoms with Crippen molar-refractivity contribution in [2.24, 2.45) is 0 Å². The van der Waals surface area contributed by atoms with E-state index < -0.39 is 0 Å². The second-order valence-electron chi connectivity index (χ2n) is 8.66. The van der Waals surface area contributed by atoms with Crippen molar-refractivity contribution in [2.75, 3.05) is 26.7 Å². The highest BCUT2D eigenvalue weighted by Gasteiger charge is 2.34. The first kappa shape index (κ1) is 17.2. The van der Waals surface area contributed by atoms with Gasteiger partial charge in [0.1, 0.15) is 22.7 Å². The SMILES string of the molecule is CN1CCC[C@@H](n2cnc3c(C4CC4)c(-c4ccc5c(c4O)CCO5)nnc32)C1. The first-order chi connectivity index (χ1) is 14.2. The Balaban J connectivity index is 1.50. The minimum atomic E-state index is 0.281. The van der Waals surface area contributed by atoms with Gasteiger partial charge in [-0.1, -0.05) is 0 Å². The summed E-state index contributed by atoms with van der Waals surface area (Å²) >= 11 is 0. The van der Waals surface area contributed by atoms with Crippen molar-refractivity contribution in [3.8, 4) is 22.8 Å². The first-order valence-corrected chi connectivity index (χ1v) is 10.6. The van der Waals surface area contributed by atoms with Crippen molar-refractivity contribution in [2.45, 2.75) is 44.1 Å². The summed E-state index contributed by atoms with van der Waals surface area (Å²) < 4.78 is 7.81. The smallest absolute Gasteiger partial charge is 0.183 e. The molecule has 2 fully saturated rings. The molecule has 1 saturated carbocycles. The van der Waals surface area contributed by atoms with Crippen LogP contribution in [0.4, 0.5) is 0 Å². The van der Waals surface area contributed by atoms with Crippen molar-refractivity contribution in [1.29, 1.82) is 0 Å². The number of imidazole rings is 1. The highest BCUT2D eigenvalue weighted by atomic mass is 16.5. The lowest BCUT2D eigenvalue weighted by Crippen LogP contribution is -2.33. The van der Waals surface area contributed by atoms with Crippen LogP contribution in [-0.2, 0) is 6.42 Å². The number of rotatable bonds is 3. The molecule has 0 spiro atoms. The molecule has 1 aromatic carbocycles. The monoisotopic (exact) mass is 391 g/mol. The Morgan fingerprint density at radius 3 is 2.90 bits per heavy atom. The largest absolute Gasteiger partial charge is 0.507 e. The van der Waals surface area contributed by atoms with Crippen LogP contribution in [0, 0.1) is 0 Å². The summed E-state index contributed by atoms with van der Waals surface area (Å²) in [5, 5.41) is 20.2. The van der Waals surface area contributed by atoms with Crippen LogP contribution < -0.4 is 4.74 Å². The van der Waals surface area contributed by atoms with Gasteiger partial charge in [0.05, 0.1) is 12.9 Å². The lowest BCUT2D eigenvalue weighted by molar-refractivity contribution is 0.214. The Labute approximate surface area is 169 Å². The molecule has 2 aliphatic heterocycles. The maximum atomic E-state index is 10.9. The summed E-state index contributed by atoms with van der Waals surface area (Å²) in [5.41, 5.74) is 5.37. The third-order valence-corrected chi connectivity index (χ3v) is 6.61. The Morgan fingerprint density at radius 1 is 1.17 bits per heavy atom. The number of nitrogens with zero attached hydrogens (tertiary/aromatic N) is 5. The number of aromatic hydroxyl groups is 1. The van der Waals surface area contributed by atoms with Crippen molar-refractivity contribution in [1.82, 2.24) is 24.6 Å². The van der Waals surface area contributed by atoms with Gasteiger partial charge in [0.2, 0.25) is 0 Å². The van der Waals surface area contributed by atoms with E-state index in [4.69, 9.17) is 9.72 Å². The highest BCUT2D eigenvalue weighted by Crippen LogP contribution is 2.49. The lowest BCUT2D eigenvalue weighted by atomic mass is 9.98. The van der Waals surface area contributed by atoms with Gasteiger partial charge >= 0.3 is 0 Å². The molecule has 1 aliphatic carbocycles. The maximum Gasteiger partial charge on any atom is 0.183 e. The standard InChI is InChI=1S/C22H25N5O2/c1-26-9-2-3-14(11-26)27-12-23-20-18(13-4-5-13)19(24-25-22(20)27)16-6-7-17-15(21(16)28)8-10-29-17/h6-7,12-14,28H,2-5,8-11H2,1H3/t14-/m1/s1. The molecular formula is C22H25N5O2. The predicted octanol–water partition coefficient (Wildman–Crippen LogP) is 3.28. The summed E-state index contributed by atoms with van der Waals surface area (Å²) in [7, 11) is 2.17. The molecule has 0 bridgehead atoms. The summed E-state index contributed by atoms with van der Waals surface area (Å²) in [6, 6.07) is 4.24. The zero-order valence-electron chi connectivity index (χ0n) is 16.6. The highest BCUT2D eigenvalue weighted by molar-refractivity contribution is 5.85. The van der Waals surface area contributed by atoms with E-state index >= 15 is 0 Å². The number of phenols is 1. The molecule has 7 nitrogen and oxygen atoms in total. The number of ether oxygens (including phenoxy) is 1. The van der Waals surface area contributed by atoms with Gasteiger partial charge < -0.3 is 19.3 Å². The Kier molecular flexibility index (Phi) is 3.81. The molecule has 0 unspecified atom stereocenters. The average molecular weight is 391 g/mol. The Bertz CT molecular complexity index is 1100. The molecule has 3 aromatic rings. The van der Waals surface area contributed by atoms with Crippen LogP contribution >= 0.6 is 0 Å². The van der Waals surface area contributed by atoms with Gasteiger partial charge in [-0.25, -0.2) is 4.98 Å². The Morgan fingerprint density at radius 2 is 2.07 bits per heavy atom. The number of fused-ring (bicyclic) bond motifs is 2. The van der Waals surface area contributed by atoms with Crippen LogP contribution in [0.2, 0.25) is 0 Å². The molecule has 4 heterocycles. The number of likely N-dealkylation sites (N-methyl/N-ethyl adjacent to an activating group) is 1. The number of likely N-dealkylation sites (tertiary alicyclic amines) is 1. The van der Waals surface area contributed by atoms with Crippen LogP contribution in [-0.4, -0.2) is 56.5 Å². The molecule has 0 amide bonds. The van der Waals surface area contributed by atoms with Crippen molar-refractivity contribution >= 4 is 11.2 Å². The molecule has 29 heavy (non-hydrogen) atoms. The van der Waals surface area contributed by atoms with Gasteiger partial charge in [-0.15, -0.1) is 10.2 Å². The molecule has 150 valence electrons. The van der Waals surface area contributed by atoms with Crippen LogP contribution in [0.3, 0.4) is 0 Å². The predicted molar refractivity (Wildman–Crippen MR) is 109 cm³/mol. The fourth-order valence-corrected chi connectivity index (χ4v) is 4.95. The minimum absolute atomic E-state index is 0.281. The van der Waals surface area contributed by atoms with Gasteiger partial charge in [0.25, 0.3) is 0 Å². The van der Waals surface area contributed by atoms with Crippen molar-refractivity contribution in [3.05, 3.63) is 29.6 Å². The molecule has 1 saturated heterocycles. The number of hydrogen-bond acceptors (Lipinski definition) is 6. The molecule has 0 radical (unpaired) electrons. The quantitative estimate of drug-likeness (QED) is 0.738. The zero-order chi connectivity index (χ0) is 19.5. The number of benzene rings is 1. The van der Waals surface area contributed by atoms with Gasteiger partial charge in [0, 0.05) is 35.7 Å². The summed E-state index contributed by atoms with van der Waals surface area (Å²) in [6.07, 6.45) is 7.28. The second kappa shape index (κ2) is 6.42. The Hall–Kier alpha value is -2.67. The molecule has 6 rings (SSSR count). The van der Waals surface area contributed by atoms with Crippen LogP contribution in [0.15, 0.2) is 18.5 Å². The van der Waals surface area contributed by atoms with Gasteiger partial charge in [-0.05, 0) is 57.3 Å². The van der Waals surface area contributed by atoms with Gasteiger partial charge in [0.15, 0.2) is 5.65 Å². The third kappa shape index (κ3) is 2.71. The molecule has 1 N–H and O–H groups in total. The fraction of sp³-hybridized carbons (Fsp3) is 0.500. The minimum Gasteiger partial charge on any atom is -0.507 e. The molecule has 2 aromatic heterocycles. The van der Waals surface area contributed by atoms with E-state index in [2.05, 4.69) is 26.7 Å². The number of phenolic OH excluding ortho intramolecular Hbond substituents is 1.